The Bertz CT molecular complexity index is 191. The average Bonchev–Trinajstić information content (AvgIpc) is 1.84. The van der Waals surface area contributed by atoms with Gasteiger partial charge in [-0.3, -0.25) is 9.59 Å². The van der Waals surface area contributed by atoms with E-state index >= 15 is 0 Å². The molecule has 0 fully saturated rings. The van der Waals surface area contributed by atoms with Gasteiger partial charge in [-0.2, -0.15) is 0 Å². The van der Waals surface area contributed by atoms with Gasteiger partial charge in [0, 0.05) is 13.8 Å². The van der Waals surface area contributed by atoms with Crippen LogP contribution in [-0.2, 0) is 14.3 Å². The van der Waals surface area contributed by atoms with Gasteiger partial charge in [-0.05, 0) is 19.1 Å². The molecule has 0 spiro atoms. The number of esters is 2. The summed E-state index contributed by atoms with van der Waals surface area (Å²) in [6, 6.07) is -0.361. The zero-order valence-corrected chi connectivity index (χ0v) is 8.55. The van der Waals surface area contributed by atoms with Crippen LogP contribution < -0.4 is 5.73 Å². The highest BCUT2D eigenvalue weighted by atomic mass is 32.1. The fourth-order valence-electron chi connectivity index (χ4n) is 0.202. The second kappa shape index (κ2) is 7.63. The molecular formula is C7H13NO4S. The highest BCUT2D eigenvalue weighted by molar-refractivity contribution is 7.80. The van der Waals surface area contributed by atoms with Gasteiger partial charge in [0.15, 0.2) is 5.05 Å². The maximum Gasteiger partial charge on any atom is 0.310 e. The molecule has 0 heterocycles. The predicted octanol–water partition coefficient (Wildman–Crippen LogP) is 0.315. The van der Waals surface area contributed by atoms with Gasteiger partial charge in [-0.25, -0.2) is 0 Å². The van der Waals surface area contributed by atoms with Gasteiger partial charge in [0.2, 0.25) is 0 Å². The summed E-state index contributed by atoms with van der Waals surface area (Å²) in [6.07, 6.45) is 0. The van der Waals surface area contributed by atoms with E-state index in [1.165, 1.54) is 13.8 Å². The molecule has 0 aromatic carbocycles. The van der Waals surface area contributed by atoms with Crippen molar-refractivity contribution >= 4 is 29.2 Å². The number of carbonyl (C=O) groups is 2. The van der Waals surface area contributed by atoms with Crippen molar-refractivity contribution in [3.8, 4) is 0 Å². The fourth-order valence-corrected chi connectivity index (χ4v) is 0.202. The van der Waals surface area contributed by atoms with Crippen LogP contribution in [0.4, 0.5) is 0 Å². The molecule has 0 aliphatic carbocycles. The van der Waals surface area contributed by atoms with Crippen LogP contribution in [0.15, 0.2) is 0 Å². The van der Waals surface area contributed by atoms with Crippen molar-refractivity contribution in [3.05, 3.63) is 0 Å². The molecule has 0 aromatic rings. The largest absolute Gasteiger partial charge is 0.501 e. The second-order valence-electron chi connectivity index (χ2n) is 2.21. The van der Waals surface area contributed by atoms with Crippen LogP contribution in [0.3, 0.4) is 0 Å². The Balaban J connectivity index is 0. The number of aliphatic hydroxyl groups is 1. The third-order valence-corrected chi connectivity index (χ3v) is 1.05. The van der Waals surface area contributed by atoms with Crippen molar-refractivity contribution in [2.75, 3.05) is 0 Å². The minimum atomic E-state index is -0.562. The summed E-state index contributed by atoms with van der Waals surface area (Å²) in [5, 5.41) is 8.11. The highest BCUT2D eigenvalue weighted by Gasteiger charge is 1.94. The minimum Gasteiger partial charge on any atom is -0.501 e. The molecule has 0 saturated carbocycles. The Labute approximate surface area is 81.9 Å². The zero-order chi connectivity index (χ0) is 11.0. The van der Waals surface area contributed by atoms with E-state index in [2.05, 4.69) is 17.0 Å². The van der Waals surface area contributed by atoms with Crippen LogP contribution >= 0.6 is 12.2 Å². The van der Waals surface area contributed by atoms with Crippen molar-refractivity contribution in [2.45, 2.75) is 26.8 Å². The summed E-state index contributed by atoms with van der Waals surface area (Å²) >= 11 is 4.25. The van der Waals surface area contributed by atoms with E-state index in [4.69, 9.17) is 10.8 Å². The van der Waals surface area contributed by atoms with Crippen molar-refractivity contribution < 1.29 is 19.4 Å². The van der Waals surface area contributed by atoms with E-state index in [1.54, 1.807) is 6.92 Å². The molecule has 1 unspecified atom stereocenters. The van der Waals surface area contributed by atoms with Gasteiger partial charge in [-0.1, -0.05) is 0 Å². The Hall–Kier alpha value is -1.01. The summed E-state index contributed by atoms with van der Waals surface area (Å²) in [7, 11) is 0. The number of aliphatic hydroxyl groups excluding tert-OH is 1. The van der Waals surface area contributed by atoms with Crippen LogP contribution in [0.1, 0.15) is 20.8 Å². The summed E-state index contributed by atoms with van der Waals surface area (Å²) in [5.41, 5.74) is 5.04. The molecular weight excluding hydrogens is 194 g/mol. The molecule has 0 radical (unpaired) electrons. The van der Waals surface area contributed by atoms with Crippen LogP contribution in [0, 0.1) is 0 Å². The maximum absolute atomic E-state index is 9.81. The lowest BCUT2D eigenvalue weighted by Crippen LogP contribution is -2.23. The van der Waals surface area contributed by atoms with Crippen molar-refractivity contribution in [3.63, 3.8) is 0 Å². The third kappa shape index (κ3) is 18.2. The number of ether oxygens (including phenoxy) is 1. The summed E-state index contributed by atoms with van der Waals surface area (Å²) < 4.78 is 3.97. The number of hydrogen-bond donors (Lipinski definition) is 2. The standard InChI is InChI=1S/C4H6O3.C3H7NOS/c1-3(5)7-4(2)6;1-2(4)3(5)6/h1-2H3;2H,4H2,1H3,(H,5,6). The van der Waals surface area contributed by atoms with E-state index in [1.807, 2.05) is 0 Å². The molecule has 5 nitrogen and oxygen atoms in total. The molecule has 0 amide bonds. The van der Waals surface area contributed by atoms with Gasteiger partial charge >= 0.3 is 11.9 Å². The van der Waals surface area contributed by atoms with Gasteiger partial charge in [-0.15, -0.1) is 0 Å². The first-order valence-electron chi connectivity index (χ1n) is 3.44. The maximum atomic E-state index is 9.81. The fraction of sp³-hybridized carbons (Fsp3) is 0.571. The second-order valence-corrected chi connectivity index (χ2v) is 2.63. The van der Waals surface area contributed by atoms with Crippen LogP contribution in [0.25, 0.3) is 0 Å². The molecule has 13 heavy (non-hydrogen) atoms. The van der Waals surface area contributed by atoms with E-state index in [0.717, 1.165) is 0 Å². The first-order chi connectivity index (χ1) is 5.77. The number of carbonyl (C=O) groups excluding carboxylic acids is 2. The topological polar surface area (TPSA) is 89.6 Å². The van der Waals surface area contributed by atoms with Crippen molar-refractivity contribution in [2.24, 2.45) is 5.73 Å². The summed E-state index contributed by atoms with van der Waals surface area (Å²) in [6.45, 7) is 3.99. The molecule has 0 aliphatic heterocycles. The number of thiocarbonyl (C=S) groups is 1. The molecule has 1 atom stereocenters. The Morgan fingerprint density at radius 2 is 1.62 bits per heavy atom. The SMILES string of the molecule is CC(=O)OC(C)=O.CC(N)C(O)=S. The molecule has 0 aromatic heterocycles. The highest BCUT2D eigenvalue weighted by Crippen LogP contribution is 1.74. The van der Waals surface area contributed by atoms with Crippen LogP contribution in [0.2, 0.25) is 0 Å². The van der Waals surface area contributed by atoms with Crippen LogP contribution in [0.5, 0.6) is 0 Å². The van der Waals surface area contributed by atoms with Crippen LogP contribution in [-0.4, -0.2) is 28.1 Å². The zero-order valence-electron chi connectivity index (χ0n) is 7.73. The molecule has 3 N–H and O–H groups in total. The molecule has 0 bridgehead atoms. The Kier molecular flexibility index (Phi) is 8.52. The molecule has 0 rings (SSSR count). The number of hydrogen-bond acceptors (Lipinski definition) is 5. The molecule has 76 valence electrons. The minimum absolute atomic E-state index is 0.130. The van der Waals surface area contributed by atoms with Gasteiger partial charge in [0.1, 0.15) is 0 Å². The molecule has 6 heteroatoms. The predicted molar refractivity (Wildman–Crippen MR) is 51.3 cm³/mol. The Morgan fingerprint density at radius 1 is 1.38 bits per heavy atom. The molecule has 0 saturated heterocycles. The number of nitrogens with two attached hydrogens (primary N) is 1. The van der Waals surface area contributed by atoms with Crippen molar-refractivity contribution in [1.29, 1.82) is 0 Å². The van der Waals surface area contributed by atoms with E-state index < -0.39 is 11.9 Å². The quantitative estimate of drug-likeness (QED) is 0.365. The smallest absolute Gasteiger partial charge is 0.310 e. The Morgan fingerprint density at radius 3 is 1.62 bits per heavy atom. The molecule has 0 aliphatic rings. The summed E-state index contributed by atoms with van der Waals surface area (Å²) in [5.74, 6) is -1.12. The lowest BCUT2D eigenvalue weighted by molar-refractivity contribution is -0.156. The monoisotopic (exact) mass is 207 g/mol. The van der Waals surface area contributed by atoms with E-state index in [9.17, 15) is 9.59 Å². The van der Waals surface area contributed by atoms with Gasteiger partial charge in [0.25, 0.3) is 0 Å². The average molecular weight is 207 g/mol. The lowest BCUT2D eigenvalue weighted by Gasteiger charge is -1.94. The van der Waals surface area contributed by atoms with Crippen molar-refractivity contribution in [1.82, 2.24) is 0 Å². The lowest BCUT2D eigenvalue weighted by atomic mass is 10.4. The van der Waals surface area contributed by atoms with Gasteiger partial charge in [0.05, 0.1) is 6.04 Å². The van der Waals surface area contributed by atoms with Gasteiger partial charge < -0.3 is 15.6 Å². The first kappa shape index (κ1) is 14.5. The van der Waals surface area contributed by atoms with E-state index in [-0.39, 0.29) is 11.1 Å². The number of rotatable bonds is 1. The first-order valence-corrected chi connectivity index (χ1v) is 3.85. The third-order valence-electron chi connectivity index (χ3n) is 0.677. The summed E-state index contributed by atoms with van der Waals surface area (Å²) in [4.78, 5) is 19.6. The normalized spacial score (nSPS) is 10.5. The van der Waals surface area contributed by atoms with E-state index in [0.29, 0.717) is 0 Å².